The maximum atomic E-state index is 4.87. The summed E-state index contributed by atoms with van der Waals surface area (Å²) in [6, 6.07) is 2.71. The van der Waals surface area contributed by atoms with Crippen molar-refractivity contribution in [3.8, 4) is 0 Å². The Morgan fingerprint density at radius 1 is 1.29 bits per heavy atom. The average Bonchev–Trinajstić information content (AvgIpc) is 3.19. The molecule has 2 aliphatic rings. The van der Waals surface area contributed by atoms with Gasteiger partial charge in [0.1, 0.15) is 17.5 Å². The summed E-state index contributed by atoms with van der Waals surface area (Å²) in [5.41, 5.74) is 0. The van der Waals surface area contributed by atoms with Crippen molar-refractivity contribution in [2.24, 2.45) is 0 Å². The zero-order valence-corrected chi connectivity index (χ0v) is 13.5. The molecule has 1 aromatic heterocycles. The molecule has 5 nitrogen and oxygen atoms in total. The second-order valence-corrected chi connectivity index (χ2v) is 6.53. The molecule has 5 heteroatoms. The molecule has 2 heterocycles. The minimum atomic E-state index is 0.580. The van der Waals surface area contributed by atoms with Crippen molar-refractivity contribution in [3.63, 3.8) is 0 Å². The van der Waals surface area contributed by atoms with Crippen molar-refractivity contribution in [2.45, 2.75) is 44.6 Å². The molecule has 1 saturated carbocycles. The van der Waals surface area contributed by atoms with Gasteiger partial charge in [0, 0.05) is 37.7 Å². The molecule has 1 aromatic rings. The van der Waals surface area contributed by atoms with Gasteiger partial charge in [-0.25, -0.2) is 9.97 Å². The van der Waals surface area contributed by atoms with Crippen LogP contribution in [-0.4, -0.2) is 54.6 Å². The second-order valence-electron chi connectivity index (χ2n) is 6.53. The van der Waals surface area contributed by atoms with Crippen LogP contribution < -0.4 is 10.2 Å². The lowest BCUT2D eigenvalue weighted by Gasteiger charge is -2.28. The minimum absolute atomic E-state index is 0.580. The van der Waals surface area contributed by atoms with Gasteiger partial charge in [0.25, 0.3) is 0 Å². The Balaban J connectivity index is 1.85. The largest absolute Gasteiger partial charge is 0.370 e. The molecule has 0 bridgehead atoms. The van der Waals surface area contributed by atoms with E-state index in [1.807, 2.05) is 0 Å². The predicted octanol–water partition coefficient (Wildman–Crippen LogP) is 2.32. The molecule has 1 unspecified atom stereocenters. The summed E-state index contributed by atoms with van der Waals surface area (Å²) in [5.74, 6) is 3.74. The van der Waals surface area contributed by atoms with Gasteiger partial charge >= 0.3 is 0 Å². The summed E-state index contributed by atoms with van der Waals surface area (Å²) >= 11 is 0. The molecule has 1 aliphatic carbocycles. The molecule has 1 N–H and O–H groups in total. The third-order valence-corrected chi connectivity index (χ3v) is 4.28. The van der Waals surface area contributed by atoms with E-state index in [2.05, 4.69) is 47.2 Å². The highest BCUT2D eigenvalue weighted by atomic mass is 15.3. The summed E-state index contributed by atoms with van der Waals surface area (Å²) in [6.07, 6.45) is 5.02. The molecule has 0 aromatic carbocycles. The van der Waals surface area contributed by atoms with Crippen LogP contribution in [0.5, 0.6) is 0 Å². The highest BCUT2D eigenvalue weighted by Gasteiger charge is 2.30. The maximum Gasteiger partial charge on any atom is 0.136 e. The Hall–Kier alpha value is -1.36. The molecule has 1 saturated heterocycles. The van der Waals surface area contributed by atoms with E-state index in [4.69, 9.17) is 4.98 Å². The number of nitrogens with zero attached hydrogens (tertiary/aromatic N) is 4. The van der Waals surface area contributed by atoms with Crippen molar-refractivity contribution >= 4 is 11.6 Å². The summed E-state index contributed by atoms with van der Waals surface area (Å²) < 4.78 is 0. The van der Waals surface area contributed by atoms with Crippen LogP contribution in [0, 0.1) is 0 Å². The van der Waals surface area contributed by atoms with E-state index < -0.39 is 0 Å². The topological polar surface area (TPSA) is 44.3 Å². The van der Waals surface area contributed by atoms with Gasteiger partial charge in [-0.05, 0) is 46.7 Å². The molecule has 0 amide bonds. The number of likely N-dealkylation sites (N-methyl/N-ethyl adjacent to an activating group) is 1. The first-order valence-electron chi connectivity index (χ1n) is 8.21. The third-order valence-electron chi connectivity index (χ3n) is 4.28. The van der Waals surface area contributed by atoms with E-state index in [9.17, 15) is 0 Å². The van der Waals surface area contributed by atoms with Crippen molar-refractivity contribution in [3.05, 3.63) is 11.9 Å². The first kappa shape index (κ1) is 14.6. The van der Waals surface area contributed by atoms with Crippen molar-refractivity contribution in [2.75, 3.05) is 43.9 Å². The molecule has 1 aliphatic heterocycles. The molecule has 2 fully saturated rings. The lowest BCUT2D eigenvalue weighted by molar-refractivity contribution is 0.371. The summed E-state index contributed by atoms with van der Waals surface area (Å²) in [7, 11) is 4.30. The molecule has 3 rings (SSSR count). The normalized spacial score (nSPS) is 22.1. The third kappa shape index (κ3) is 3.46. The summed E-state index contributed by atoms with van der Waals surface area (Å²) in [4.78, 5) is 14.3. The summed E-state index contributed by atoms with van der Waals surface area (Å²) in [5, 5.41) is 3.36. The first-order chi connectivity index (χ1) is 10.2. The van der Waals surface area contributed by atoms with Crippen LogP contribution in [0.2, 0.25) is 0 Å². The highest BCUT2D eigenvalue weighted by molar-refractivity contribution is 5.51. The Kier molecular flexibility index (Phi) is 4.29. The number of aromatic nitrogens is 2. The van der Waals surface area contributed by atoms with Gasteiger partial charge in [0.2, 0.25) is 0 Å². The monoisotopic (exact) mass is 289 g/mol. The molecular weight excluding hydrogens is 262 g/mol. The van der Waals surface area contributed by atoms with Gasteiger partial charge in [-0.15, -0.1) is 0 Å². The van der Waals surface area contributed by atoms with Gasteiger partial charge in [0.05, 0.1) is 0 Å². The fraction of sp³-hybridized carbons (Fsp3) is 0.750. The second kappa shape index (κ2) is 6.18. The fourth-order valence-corrected chi connectivity index (χ4v) is 3.14. The van der Waals surface area contributed by atoms with Crippen LogP contribution in [-0.2, 0) is 0 Å². The van der Waals surface area contributed by atoms with Gasteiger partial charge in [-0.2, -0.15) is 0 Å². The highest BCUT2D eigenvalue weighted by Crippen LogP contribution is 2.39. The van der Waals surface area contributed by atoms with Gasteiger partial charge < -0.3 is 15.1 Å². The van der Waals surface area contributed by atoms with Crippen LogP contribution in [0.3, 0.4) is 0 Å². The number of hydrogen-bond acceptors (Lipinski definition) is 5. The number of rotatable bonds is 6. The molecule has 1 atom stereocenters. The Bertz CT molecular complexity index is 484. The molecule has 116 valence electrons. The Labute approximate surface area is 127 Å². The Morgan fingerprint density at radius 3 is 2.76 bits per heavy atom. The Morgan fingerprint density at radius 2 is 2.10 bits per heavy atom. The van der Waals surface area contributed by atoms with Gasteiger partial charge in [-0.3, -0.25) is 0 Å². The molecular formula is C16H27N5. The lowest BCUT2D eigenvalue weighted by atomic mass is 10.2. The smallest absolute Gasteiger partial charge is 0.136 e. The van der Waals surface area contributed by atoms with Gasteiger partial charge in [0.15, 0.2) is 0 Å². The predicted molar refractivity (Wildman–Crippen MR) is 87.1 cm³/mol. The lowest BCUT2D eigenvalue weighted by Crippen LogP contribution is -2.38. The maximum absolute atomic E-state index is 4.87. The first-order valence-corrected chi connectivity index (χ1v) is 8.21. The molecule has 0 spiro atoms. The van der Waals surface area contributed by atoms with Gasteiger partial charge in [-0.1, -0.05) is 0 Å². The van der Waals surface area contributed by atoms with E-state index in [0.717, 1.165) is 37.1 Å². The minimum Gasteiger partial charge on any atom is -0.370 e. The fourth-order valence-electron chi connectivity index (χ4n) is 3.14. The number of anilines is 2. The zero-order chi connectivity index (χ0) is 14.8. The zero-order valence-electron chi connectivity index (χ0n) is 13.5. The van der Waals surface area contributed by atoms with Crippen LogP contribution in [0.25, 0.3) is 0 Å². The number of hydrogen-bond donors (Lipinski definition) is 1. The number of nitrogens with one attached hydrogen (secondary N) is 1. The van der Waals surface area contributed by atoms with E-state index in [1.54, 1.807) is 0 Å². The van der Waals surface area contributed by atoms with E-state index in [-0.39, 0.29) is 0 Å². The standard InChI is InChI=1S/C16H27N5/c1-4-17-14-10-15(19-16(18-14)12-7-8-12)21-9-5-6-13(21)11-20(2)3/h10,12-13H,4-9,11H2,1-3H3,(H,17,18,19). The quantitative estimate of drug-likeness (QED) is 0.870. The van der Waals surface area contributed by atoms with E-state index in [1.165, 1.54) is 25.7 Å². The van der Waals surface area contributed by atoms with Crippen molar-refractivity contribution in [1.29, 1.82) is 0 Å². The van der Waals surface area contributed by atoms with E-state index in [0.29, 0.717) is 12.0 Å². The van der Waals surface area contributed by atoms with Crippen LogP contribution >= 0.6 is 0 Å². The molecule has 21 heavy (non-hydrogen) atoms. The SMILES string of the molecule is CCNc1cc(N2CCCC2CN(C)C)nc(C2CC2)n1. The molecule has 0 radical (unpaired) electrons. The average molecular weight is 289 g/mol. The van der Waals surface area contributed by atoms with Crippen molar-refractivity contribution < 1.29 is 0 Å². The van der Waals surface area contributed by atoms with Crippen LogP contribution in [0.1, 0.15) is 44.3 Å². The van der Waals surface area contributed by atoms with Crippen LogP contribution in [0.15, 0.2) is 6.07 Å². The van der Waals surface area contributed by atoms with Crippen LogP contribution in [0.4, 0.5) is 11.6 Å². The summed E-state index contributed by atoms with van der Waals surface area (Å²) in [6.45, 7) is 5.23. The van der Waals surface area contributed by atoms with Crippen molar-refractivity contribution in [1.82, 2.24) is 14.9 Å². The van der Waals surface area contributed by atoms with E-state index >= 15 is 0 Å².